The lowest BCUT2D eigenvalue weighted by atomic mass is 9.73. The Balaban J connectivity index is 1.95. The standard InChI is InChI=1S/C16H28O2/c1-13-7-6-10-16(12-13,18-2)15(17)11-14-8-4-3-5-9-14/h13-14H,3-12H2,1-2H3. The van der Waals surface area contributed by atoms with Crippen LogP contribution >= 0.6 is 0 Å². The molecule has 2 fully saturated rings. The fourth-order valence-electron chi connectivity index (χ4n) is 3.90. The number of rotatable bonds is 4. The molecule has 0 aromatic heterocycles. The third kappa shape index (κ3) is 3.14. The monoisotopic (exact) mass is 252 g/mol. The predicted octanol–water partition coefficient (Wildman–Crippen LogP) is 4.12. The van der Waals surface area contributed by atoms with Crippen LogP contribution in [0.2, 0.25) is 0 Å². The Morgan fingerprint density at radius 1 is 1.17 bits per heavy atom. The van der Waals surface area contributed by atoms with Gasteiger partial charge in [0.05, 0.1) is 0 Å². The van der Waals surface area contributed by atoms with E-state index in [-0.39, 0.29) is 0 Å². The molecule has 0 spiro atoms. The van der Waals surface area contributed by atoms with Crippen LogP contribution in [0.3, 0.4) is 0 Å². The van der Waals surface area contributed by atoms with Gasteiger partial charge in [-0.05, 0) is 31.1 Å². The molecule has 2 saturated carbocycles. The summed E-state index contributed by atoms with van der Waals surface area (Å²) in [5.41, 5.74) is -0.435. The zero-order valence-electron chi connectivity index (χ0n) is 12.0. The molecule has 0 heterocycles. The minimum Gasteiger partial charge on any atom is -0.370 e. The van der Waals surface area contributed by atoms with Crippen LogP contribution in [0.25, 0.3) is 0 Å². The normalized spacial score (nSPS) is 34.4. The summed E-state index contributed by atoms with van der Waals surface area (Å²) in [4.78, 5) is 12.6. The number of Topliss-reactive ketones (excluding diaryl/α,β-unsaturated/α-hetero) is 1. The van der Waals surface area contributed by atoms with Crippen LogP contribution in [0.1, 0.15) is 71.1 Å². The molecule has 2 unspecified atom stereocenters. The molecular formula is C16H28O2. The van der Waals surface area contributed by atoms with Crippen molar-refractivity contribution in [2.45, 2.75) is 76.7 Å². The van der Waals surface area contributed by atoms with Gasteiger partial charge in [-0.1, -0.05) is 45.4 Å². The van der Waals surface area contributed by atoms with Crippen molar-refractivity contribution < 1.29 is 9.53 Å². The molecule has 0 bridgehead atoms. The third-order valence-corrected chi connectivity index (χ3v) is 5.05. The molecule has 0 aliphatic heterocycles. The maximum absolute atomic E-state index is 12.6. The first-order chi connectivity index (χ1) is 8.66. The van der Waals surface area contributed by atoms with Gasteiger partial charge < -0.3 is 4.74 Å². The second-order valence-electron chi connectivity index (χ2n) is 6.53. The largest absolute Gasteiger partial charge is 0.370 e. The van der Waals surface area contributed by atoms with Crippen LogP contribution in [0.5, 0.6) is 0 Å². The average Bonchev–Trinajstić information content (AvgIpc) is 2.39. The van der Waals surface area contributed by atoms with E-state index in [1.807, 2.05) is 0 Å². The number of hydrogen-bond donors (Lipinski definition) is 0. The highest BCUT2D eigenvalue weighted by molar-refractivity contribution is 5.87. The van der Waals surface area contributed by atoms with Gasteiger partial charge in [0.15, 0.2) is 5.78 Å². The lowest BCUT2D eigenvalue weighted by Gasteiger charge is -2.38. The van der Waals surface area contributed by atoms with Gasteiger partial charge in [-0.2, -0.15) is 0 Å². The lowest BCUT2D eigenvalue weighted by molar-refractivity contribution is -0.148. The maximum Gasteiger partial charge on any atom is 0.164 e. The van der Waals surface area contributed by atoms with E-state index in [1.165, 1.54) is 38.5 Å². The first-order valence-corrected chi connectivity index (χ1v) is 7.75. The predicted molar refractivity (Wildman–Crippen MR) is 73.6 cm³/mol. The van der Waals surface area contributed by atoms with Gasteiger partial charge in [0.25, 0.3) is 0 Å². The molecule has 2 heteroatoms. The number of carbonyl (C=O) groups excluding carboxylic acids is 1. The SMILES string of the molecule is COC1(C(=O)CC2CCCCC2)CCCC(C)C1. The quantitative estimate of drug-likeness (QED) is 0.752. The van der Waals surface area contributed by atoms with Crippen molar-refractivity contribution in [2.75, 3.05) is 7.11 Å². The number of carbonyl (C=O) groups is 1. The molecule has 2 aliphatic carbocycles. The Kier molecular flexibility index (Phi) is 4.83. The molecule has 0 radical (unpaired) electrons. The molecule has 0 aromatic carbocycles. The number of ether oxygens (including phenoxy) is 1. The summed E-state index contributed by atoms with van der Waals surface area (Å²) in [6, 6.07) is 0. The first kappa shape index (κ1) is 14.0. The molecule has 0 amide bonds. The van der Waals surface area contributed by atoms with E-state index >= 15 is 0 Å². The van der Waals surface area contributed by atoms with Crippen LogP contribution in [0, 0.1) is 11.8 Å². The molecule has 104 valence electrons. The molecule has 2 aliphatic rings. The van der Waals surface area contributed by atoms with Crippen LogP contribution in [-0.4, -0.2) is 18.5 Å². The Bertz CT molecular complexity index is 281. The van der Waals surface area contributed by atoms with Crippen LogP contribution in [0.15, 0.2) is 0 Å². The van der Waals surface area contributed by atoms with Gasteiger partial charge >= 0.3 is 0 Å². The molecule has 0 aromatic rings. The van der Waals surface area contributed by atoms with E-state index in [9.17, 15) is 4.79 Å². The first-order valence-electron chi connectivity index (χ1n) is 7.75. The lowest BCUT2D eigenvalue weighted by Crippen LogP contribution is -2.45. The highest BCUT2D eigenvalue weighted by Crippen LogP contribution is 2.38. The molecule has 2 rings (SSSR count). The fraction of sp³-hybridized carbons (Fsp3) is 0.938. The van der Waals surface area contributed by atoms with Crippen molar-refractivity contribution in [1.29, 1.82) is 0 Å². The molecular weight excluding hydrogens is 224 g/mol. The van der Waals surface area contributed by atoms with Crippen molar-refractivity contribution in [3.8, 4) is 0 Å². The van der Waals surface area contributed by atoms with Crippen LogP contribution in [0.4, 0.5) is 0 Å². The van der Waals surface area contributed by atoms with E-state index in [0.29, 0.717) is 17.6 Å². The van der Waals surface area contributed by atoms with E-state index in [1.54, 1.807) is 7.11 Å². The van der Waals surface area contributed by atoms with Crippen LogP contribution in [-0.2, 0) is 9.53 Å². The zero-order chi connectivity index (χ0) is 13.0. The molecule has 2 atom stereocenters. The van der Waals surface area contributed by atoms with Gasteiger partial charge in [-0.15, -0.1) is 0 Å². The Morgan fingerprint density at radius 3 is 2.50 bits per heavy atom. The Morgan fingerprint density at radius 2 is 1.89 bits per heavy atom. The highest BCUT2D eigenvalue weighted by atomic mass is 16.5. The van der Waals surface area contributed by atoms with Gasteiger partial charge in [0, 0.05) is 13.5 Å². The summed E-state index contributed by atoms with van der Waals surface area (Å²) >= 11 is 0. The average molecular weight is 252 g/mol. The molecule has 18 heavy (non-hydrogen) atoms. The second kappa shape index (κ2) is 6.18. The minimum absolute atomic E-state index is 0.392. The zero-order valence-corrected chi connectivity index (χ0v) is 12.0. The minimum atomic E-state index is -0.435. The molecule has 0 N–H and O–H groups in total. The summed E-state index contributed by atoms with van der Waals surface area (Å²) in [6.45, 7) is 2.25. The highest BCUT2D eigenvalue weighted by Gasteiger charge is 2.42. The van der Waals surface area contributed by atoms with Crippen molar-refractivity contribution in [1.82, 2.24) is 0 Å². The van der Waals surface area contributed by atoms with E-state index in [4.69, 9.17) is 4.74 Å². The summed E-state index contributed by atoms with van der Waals surface area (Å²) in [5.74, 6) is 1.66. The number of methoxy groups -OCH3 is 1. The number of hydrogen-bond acceptors (Lipinski definition) is 2. The number of ketones is 1. The van der Waals surface area contributed by atoms with Crippen molar-refractivity contribution >= 4 is 5.78 Å². The summed E-state index contributed by atoms with van der Waals surface area (Å²) in [5, 5.41) is 0. The summed E-state index contributed by atoms with van der Waals surface area (Å²) in [7, 11) is 1.73. The van der Waals surface area contributed by atoms with Gasteiger partial charge in [0.1, 0.15) is 5.60 Å². The summed E-state index contributed by atoms with van der Waals surface area (Å²) in [6.07, 6.45) is 11.5. The van der Waals surface area contributed by atoms with E-state index < -0.39 is 5.60 Å². The maximum atomic E-state index is 12.6. The van der Waals surface area contributed by atoms with E-state index in [2.05, 4.69) is 6.92 Å². The van der Waals surface area contributed by atoms with Crippen LogP contribution < -0.4 is 0 Å². The summed E-state index contributed by atoms with van der Waals surface area (Å²) < 4.78 is 5.70. The van der Waals surface area contributed by atoms with Gasteiger partial charge in [-0.25, -0.2) is 0 Å². The van der Waals surface area contributed by atoms with Crippen molar-refractivity contribution in [2.24, 2.45) is 11.8 Å². The van der Waals surface area contributed by atoms with Gasteiger partial charge in [-0.3, -0.25) is 4.79 Å². The third-order valence-electron chi connectivity index (χ3n) is 5.05. The topological polar surface area (TPSA) is 26.3 Å². The smallest absolute Gasteiger partial charge is 0.164 e. The Labute approximate surface area is 111 Å². The molecule has 2 nitrogen and oxygen atoms in total. The van der Waals surface area contributed by atoms with Gasteiger partial charge in [0.2, 0.25) is 0 Å². The second-order valence-corrected chi connectivity index (χ2v) is 6.53. The van der Waals surface area contributed by atoms with Crippen molar-refractivity contribution in [3.63, 3.8) is 0 Å². The van der Waals surface area contributed by atoms with Crippen molar-refractivity contribution in [3.05, 3.63) is 0 Å². The van der Waals surface area contributed by atoms with E-state index in [0.717, 1.165) is 25.7 Å². The Hall–Kier alpha value is -0.370. The fourth-order valence-corrected chi connectivity index (χ4v) is 3.90. The molecule has 0 saturated heterocycles.